The summed E-state index contributed by atoms with van der Waals surface area (Å²) in [5.41, 5.74) is -3.88. The van der Waals surface area contributed by atoms with Crippen molar-refractivity contribution < 1.29 is 31.1 Å². The Balaban J connectivity index is 2.74. The molecule has 2 rings (SSSR count). The average Bonchev–Trinajstić information content (AvgIpc) is 2.45. The second kappa shape index (κ2) is 5.55. The summed E-state index contributed by atoms with van der Waals surface area (Å²) in [6.45, 7) is 0. The summed E-state index contributed by atoms with van der Waals surface area (Å²) in [7, 11) is 1.34. The Bertz CT molecular complexity index is 623. The van der Waals surface area contributed by atoms with E-state index in [1.54, 1.807) is 0 Å². The van der Waals surface area contributed by atoms with Crippen molar-refractivity contribution in [2.45, 2.75) is 12.4 Å². The van der Waals surface area contributed by atoms with Crippen molar-refractivity contribution in [2.24, 2.45) is 0 Å². The van der Waals surface area contributed by atoms with Crippen LogP contribution in [0.4, 0.5) is 26.3 Å². The van der Waals surface area contributed by atoms with E-state index >= 15 is 0 Å². The summed E-state index contributed by atoms with van der Waals surface area (Å²) in [5.74, 6) is 0.327. The summed E-state index contributed by atoms with van der Waals surface area (Å²) >= 11 is 0. The smallest absolute Gasteiger partial charge is 0.417 e. The minimum atomic E-state index is -4.92. The molecule has 0 atom stereocenters. The van der Waals surface area contributed by atoms with Crippen molar-refractivity contribution in [3.8, 4) is 16.9 Å². The van der Waals surface area contributed by atoms with Crippen molar-refractivity contribution in [3.05, 3.63) is 53.6 Å². The molecule has 0 N–H and O–H groups in total. The Morgan fingerprint density at radius 2 is 1.27 bits per heavy atom. The van der Waals surface area contributed by atoms with Crippen molar-refractivity contribution in [3.63, 3.8) is 0 Å². The topological polar surface area (TPSA) is 9.23 Å². The van der Waals surface area contributed by atoms with E-state index in [1.807, 2.05) is 6.07 Å². The number of hydrogen-bond donors (Lipinski definition) is 0. The number of ether oxygens (including phenoxy) is 1. The van der Waals surface area contributed by atoms with Crippen LogP contribution in [0.1, 0.15) is 11.1 Å². The first-order valence-corrected chi connectivity index (χ1v) is 5.97. The third-order valence-corrected chi connectivity index (χ3v) is 2.98. The van der Waals surface area contributed by atoms with Crippen molar-refractivity contribution in [2.75, 3.05) is 7.11 Å². The fraction of sp³-hybridized carbons (Fsp3) is 0.200. The van der Waals surface area contributed by atoms with Crippen LogP contribution in [0, 0.1) is 6.07 Å². The van der Waals surface area contributed by atoms with Gasteiger partial charge in [-0.2, -0.15) is 26.3 Å². The van der Waals surface area contributed by atoms with Gasteiger partial charge in [-0.15, -0.1) is 0 Å². The minimum absolute atomic E-state index is 0.200. The first kappa shape index (κ1) is 16.2. The Morgan fingerprint density at radius 3 is 1.64 bits per heavy atom. The summed E-state index contributed by atoms with van der Waals surface area (Å²) in [5, 5.41) is 0. The van der Waals surface area contributed by atoms with Crippen molar-refractivity contribution in [1.29, 1.82) is 0 Å². The molecule has 7 heteroatoms. The van der Waals surface area contributed by atoms with Gasteiger partial charge in [-0.3, -0.25) is 0 Å². The lowest BCUT2D eigenvalue weighted by molar-refractivity contribution is -0.142. The quantitative estimate of drug-likeness (QED) is 0.691. The van der Waals surface area contributed by atoms with Crippen LogP contribution in [0.15, 0.2) is 36.4 Å². The van der Waals surface area contributed by atoms with Gasteiger partial charge in [0, 0.05) is 5.56 Å². The predicted molar refractivity (Wildman–Crippen MR) is 67.3 cm³/mol. The summed E-state index contributed by atoms with van der Waals surface area (Å²) in [6.07, 6.45) is -9.85. The standard InChI is InChI=1S/C15H9F6O/c1-22-10-7-5-9(6-8-10)13-11(14(16,17)18)3-2-4-12(13)15(19,20)21/h3-8H,1H3. The van der Waals surface area contributed by atoms with Gasteiger partial charge in [-0.1, -0.05) is 12.1 Å². The number of halogens is 6. The molecule has 0 bridgehead atoms. The third kappa shape index (κ3) is 3.18. The van der Waals surface area contributed by atoms with Crippen LogP contribution in [0.3, 0.4) is 0 Å². The van der Waals surface area contributed by atoms with Gasteiger partial charge in [0.05, 0.1) is 18.2 Å². The molecule has 22 heavy (non-hydrogen) atoms. The molecule has 1 radical (unpaired) electrons. The number of benzene rings is 2. The van der Waals surface area contributed by atoms with Crippen LogP contribution in [0.2, 0.25) is 0 Å². The van der Waals surface area contributed by atoms with Crippen LogP contribution in [-0.2, 0) is 12.4 Å². The highest BCUT2D eigenvalue weighted by Gasteiger charge is 2.40. The molecule has 0 amide bonds. The van der Waals surface area contributed by atoms with Crippen LogP contribution in [-0.4, -0.2) is 7.11 Å². The molecule has 0 aliphatic carbocycles. The Labute approximate surface area is 122 Å². The zero-order valence-corrected chi connectivity index (χ0v) is 11.1. The second-order valence-electron chi connectivity index (χ2n) is 4.38. The van der Waals surface area contributed by atoms with Gasteiger partial charge in [0.25, 0.3) is 0 Å². The lowest BCUT2D eigenvalue weighted by Crippen LogP contribution is -2.14. The first-order valence-electron chi connectivity index (χ1n) is 5.97. The van der Waals surface area contributed by atoms with E-state index in [9.17, 15) is 26.3 Å². The molecular weight excluding hydrogens is 310 g/mol. The van der Waals surface area contributed by atoms with Crippen LogP contribution in [0.5, 0.6) is 5.75 Å². The van der Waals surface area contributed by atoms with Gasteiger partial charge >= 0.3 is 12.4 Å². The summed E-state index contributed by atoms with van der Waals surface area (Å²) in [6, 6.07) is 7.83. The largest absolute Gasteiger partial charge is 0.497 e. The summed E-state index contributed by atoms with van der Waals surface area (Å²) < 4.78 is 83.1. The van der Waals surface area contributed by atoms with E-state index in [0.717, 1.165) is 12.1 Å². The number of hydrogen-bond acceptors (Lipinski definition) is 1. The zero-order valence-electron chi connectivity index (χ0n) is 11.1. The molecule has 0 saturated carbocycles. The van der Waals surface area contributed by atoms with Crippen molar-refractivity contribution in [1.82, 2.24) is 0 Å². The molecule has 117 valence electrons. The molecular formula is C15H9F6O. The van der Waals surface area contributed by atoms with Crippen molar-refractivity contribution >= 4 is 0 Å². The fourth-order valence-electron chi connectivity index (χ4n) is 2.01. The van der Waals surface area contributed by atoms with Crippen LogP contribution >= 0.6 is 0 Å². The molecule has 1 nitrogen and oxygen atoms in total. The van der Waals surface area contributed by atoms with Gasteiger partial charge in [0.2, 0.25) is 0 Å². The van der Waals surface area contributed by atoms with Gasteiger partial charge in [0.1, 0.15) is 5.75 Å². The molecule has 0 aliphatic heterocycles. The van der Waals surface area contributed by atoms with E-state index in [2.05, 4.69) is 0 Å². The lowest BCUT2D eigenvalue weighted by Gasteiger charge is -2.18. The second-order valence-corrected chi connectivity index (χ2v) is 4.38. The molecule has 2 aromatic rings. The average molecular weight is 319 g/mol. The summed E-state index contributed by atoms with van der Waals surface area (Å²) in [4.78, 5) is 0. The molecule has 0 heterocycles. The Kier molecular flexibility index (Phi) is 4.08. The highest BCUT2D eigenvalue weighted by molar-refractivity contribution is 5.73. The van der Waals surface area contributed by atoms with Crippen LogP contribution in [0.25, 0.3) is 11.1 Å². The molecule has 0 saturated heterocycles. The Morgan fingerprint density at radius 1 is 0.818 bits per heavy atom. The highest BCUT2D eigenvalue weighted by atomic mass is 19.4. The maximum Gasteiger partial charge on any atom is 0.417 e. The van der Waals surface area contributed by atoms with Gasteiger partial charge in [-0.05, 0) is 35.9 Å². The minimum Gasteiger partial charge on any atom is -0.497 e. The fourth-order valence-corrected chi connectivity index (χ4v) is 2.01. The molecule has 0 aromatic heterocycles. The van der Waals surface area contributed by atoms with Gasteiger partial charge in [-0.25, -0.2) is 0 Å². The third-order valence-electron chi connectivity index (χ3n) is 2.98. The maximum atomic E-state index is 13.0. The SMILES string of the molecule is COc1ccc(-c2c(C(F)(F)F)c[c]cc2C(F)(F)F)cc1. The predicted octanol–water partition coefficient (Wildman–Crippen LogP) is 5.20. The van der Waals surface area contributed by atoms with E-state index < -0.39 is 29.0 Å². The lowest BCUT2D eigenvalue weighted by atomic mass is 9.93. The molecule has 0 unspecified atom stereocenters. The number of methoxy groups -OCH3 is 1. The van der Waals surface area contributed by atoms with E-state index in [-0.39, 0.29) is 5.56 Å². The Hall–Kier alpha value is -2.18. The zero-order chi connectivity index (χ0) is 16.5. The molecule has 0 fully saturated rings. The number of rotatable bonds is 2. The number of alkyl halides is 6. The normalized spacial score (nSPS) is 12.3. The van der Waals surface area contributed by atoms with E-state index in [4.69, 9.17) is 4.74 Å². The van der Waals surface area contributed by atoms with Gasteiger partial charge < -0.3 is 4.74 Å². The monoisotopic (exact) mass is 319 g/mol. The first-order chi connectivity index (χ1) is 10.1. The van der Waals surface area contributed by atoms with Gasteiger partial charge in [0.15, 0.2) is 0 Å². The molecule has 0 spiro atoms. The van der Waals surface area contributed by atoms with E-state index in [0.29, 0.717) is 17.9 Å². The van der Waals surface area contributed by atoms with Crippen LogP contribution < -0.4 is 4.74 Å². The molecule has 2 aromatic carbocycles. The maximum absolute atomic E-state index is 13.0. The van der Waals surface area contributed by atoms with E-state index in [1.165, 1.54) is 19.2 Å². The molecule has 0 aliphatic rings. The highest BCUT2D eigenvalue weighted by Crippen LogP contribution is 2.44.